The van der Waals surface area contributed by atoms with Crippen molar-refractivity contribution in [3.63, 3.8) is 0 Å². The van der Waals surface area contributed by atoms with Crippen molar-refractivity contribution in [1.29, 1.82) is 0 Å². The minimum atomic E-state index is -0.185. The van der Waals surface area contributed by atoms with Gasteiger partial charge in [-0.25, -0.2) is 4.39 Å². The number of carbonyl (C=O) groups excluding carboxylic acids is 1. The molecule has 0 radical (unpaired) electrons. The summed E-state index contributed by atoms with van der Waals surface area (Å²) >= 11 is 0. The van der Waals surface area contributed by atoms with Crippen molar-refractivity contribution in [3.05, 3.63) is 59.4 Å². The van der Waals surface area contributed by atoms with Crippen molar-refractivity contribution in [2.45, 2.75) is 18.8 Å². The minimum Gasteiger partial charge on any atom is -0.369 e. The average Bonchev–Trinajstić information content (AvgIpc) is 3.06. The van der Waals surface area contributed by atoms with Gasteiger partial charge in [-0.15, -0.1) is 0 Å². The summed E-state index contributed by atoms with van der Waals surface area (Å²) in [4.78, 5) is 15.5. The number of nitrogens with one attached hydrogen (secondary N) is 1. The van der Waals surface area contributed by atoms with Gasteiger partial charge in [0.05, 0.1) is 0 Å². The summed E-state index contributed by atoms with van der Waals surface area (Å²) in [6.07, 6.45) is 3.04. The summed E-state index contributed by atoms with van der Waals surface area (Å²) < 4.78 is 13.1. The molecule has 1 saturated heterocycles. The Bertz CT molecular complexity index is 769. The first kappa shape index (κ1) is 17.0. The molecular formula is C21H24FN3O. The number of hydrogen-bond acceptors (Lipinski definition) is 3. The van der Waals surface area contributed by atoms with E-state index in [1.165, 1.54) is 29.7 Å². The Kier molecular flexibility index (Phi) is 4.89. The maximum Gasteiger partial charge on any atom is 0.211 e. The average molecular weight is 353 g/mol. The molecule has 4 rings (SSSR count). The third-order valence-electron chi connectivity index (χ3n) is 5.62. The topological polar surface area (TPSA) is 35.6 Å². The Labute approximate surface area is 153 Å². The highest BCUT2D eigenvalue weighted by atomic mass is 19.1. The Morgan fingerprint density at radius 2 is 1.85 bits per heavy atom. The maximum absolute atomic E-state index is 13.1. The third-order valence-corrected chi connectivity index (χ3v) is 5.62. The minimum absolute atomic E-state index is 0.185. The molecule has 1 fully saturated rings. The molecule has 1 aliphatic carbocycles. The summed E-state index contributed by atoms with van der Waals surface area (Å²) in [6.45, 7) is 5.05. The lowest BCUT2D eigenvalue weighted by Gasteiger charge is -2.37. The Balaban J connectivity index is 1.36. The Hall–Kier alpha value is -2.40. The molecule has 1 atom stereocenters. The molecule has 0 spiro atoms. The molecule has 4 nitrogen and oxygen atoms in total. The number of amides is 1. The van der Waals surface area contributed by atoms with Crippen LogP contribution in [0.15, 0.2) is 42.5 Å². The maximum atomic E-state index is 13.1. The van der Waals surface area contributed by atoms with Crippen LogP contribution in [0.5, 0.6) is 0 Å². The molecule has 1 amide bonds. The number of aryl methyl sites for hydroxylation is 1. The van der Waals surface area contributed by atoms with Crippen molar-refractivity contribution in [2.75, 3.05) is 42.9 Å². The number of nitrogens with zero attached hydrogens (tertiary/aromatic N) is 2. The molecule has 2 aliphatic rings. The number of fused-ring (bicyclic) bond motifs is 1. The van der Waals surface area contributed by atoms with Gasteiger partial charge >= 0.3 is 0 Å². The molecule has 1 N–H and O–H groups in total. The second-order valence-corrected chi connectivity index (χ2v) is 7.18. The predicted molar refractivity (Wildman–Crippen MR) is 102 cm³/mol. The summed E-state index contributed by atoms with van der Waals surface area (Å²) in [5.74, 6) is 0.353. The van der Waals surface area contributed by atoms with Crippen LogP contribution in [-0.2, 0) is 11.2 Å². The predicted octanol–water partition coefficient (Wildman–Crippen LogP) is 3.25. The van der Waals surface area contributed by atoms with E-state index in [1.807, 2.05) is 18.2 Å². The van der Waals surface area contributed by atoms with Crippen molar-refractivity contribution >= 4 is 17.8 Å². The number of rotatable bonds is 5. The lowest BCUT2D eigenvalue weighted by atomic mass is 9.99. The number of hydrogen-bond donors (Lipinski definition) is 1. The van der Waals surface area contributed by atoms with E-state index in [9.17, 15) is 9.18 Å². The molecular weight excluding hydrogens is 329 g/mol. The van der Waals surface area contributed by atoms with Crippen LogP contribution in [0.2, 0.25) is 0 Å². The van der Waals surface area contributed by atoms with Crippen LogP contribution < -0.4 is 10.2 Å². The summed E-state index contributed by atoms with van der Waals surface area (Å²) in [6, 6.07) is 13.0. The van der Waals surface area contributed by atoms with Crippen LogP contribution in [0.3, 0.4) is 0 Å². The van der Waals surface area contributed by atoms with Crippen molar-refractivity contribution in [1.82, 2.24) is 4.90 Å². The quantitative estimate of drug-likeness (QED) is 0.838. The number of anilines is 2. The monoisotopic (exact) mass is 353 g/mol. The fourth-order valence-corrected chi connectivity index (χ4v) is 4.19. The largest absolute Gasteiger partial charge is 0.369 e. The van der Waals surface area contributed by atoms with Gasteiger partial charge in [0.1, 0.15) is 5.82 Å². The molecule has 1 unspecified atom stereocenters. The highest BCUT2D eigenvalue weighted by molar-refractivity contribution is 5.72. The van der Waals surface area contributed by atoms with Crippen LogP contribution in [0.25, 0.3) is 0 Å². The zero-order chi connectivity index (χ0) is 17.9. The fraction of sp³-hybridized carbons (Fsp3) is 0.381. The van der Waals surface area contributed by atoms with E-state index < -0.39 is 0 Å². The first-order chi connectivity index (χ1) is 12.7. The summed E-state index contributed by atoms with van der Waals surface area (Å²) in [7, 11) is 0. The van der Waals surface area contributed by atoms with Crippen molar-refractivity contribution < 1.29 is 9.18 Å². The highest BCUT2D eigenvalue weighted by Gasteiger charge is 2.26. The van der Waals surface area contributed by atoms with Crippen LogP contribution in [0.1, 0.15) is 23.5 Å². The molecule has 0 bridgehead atoms. The number of halogens is 1. The van der Waals surface area contributed by atoms with Crippen LogP contribution >= 0.6 is 0 Å². The second kappa shape index (κ2) is 7.46. The molecule has 5 heteroatoms. The Morgan fingerprint density at radius 1 is 1.08 bits per heavy atom. The number of carbonyl (C=O) groups is 1. The van der Waals surface area contributed by atoms with Crippen molar-refractivity contribution in [2.24, 2.45) is 0 Å². The van der Waals surface area contributed by atoms with Gasteiger partial charge in [-0.1, -0.05) is 6.07 Å². The first-order valence-corrected chi connectivity index (χ1v) is 9.29. The molecule has 136 valence electrons. The van der Waals surface area contributed by atoms with Gasteiger partial charge in [0.15, 0.2) is 0 Å². The van der Waals surface area contributed by atoms with E-state index in [4.69, 9.17) is 0 Å². The molecule has 1 heterocycles. The summed E-state index contributed by atoms with van der Waals surface area (Å²) in [5.41, 5.74) is 4.78. The zero-order valence-corrected chi connectivity index (χ0v) is 14.8. The Morgan fingerprint density at radius 3 is 2.58 bits per heavy atom. The standard InChI is InChI=1S/C21H24FN3O/c22-18-4-7-20(8-5-18)25-11-9-24(10-12-25)14-17-2-1-16-3-6-19(23-15-26)13-21(16)17/h3-8,13,15,17H,1-2,9-12,14H2,(H,23,26). The fourth-order valence-electron chi connectivity index (χ4n) is 4.19. The zero-order valence-electron chi connectivity index (χ0n) is 14.8. The van der Waals surface area contributed by atoms with Crippen LogP contribution in [0.4, 0.5) is 15.8 Å². The lowest BCUT2D eigenvalue weighted by molar-refractivity contribution is -0.105. The van der Waals surface area contributed by atoms with Gasteiger partial charge in [0, 0.05) is 44.1 Å². The molecule has 1 aliphatic heterocycles. The van der Waals surface area contributed by atoms with Crippen LogP contribution in [0, 0.1) is 5.82 Å². The van der Waals surface area contributed by atoms with Crippen LogP contribution in [-0.4, -0.2) is 44.0 Å². The van der Waals surface area contributed by atoms with E-state index in [0.29, 0.717) is 5.92 Å². The third kappa shape index (κ3) is 3.58. The van der Waals surface area contributed by atoms with Gasteiger partial charge < -0.3 is 10.2 Å². The highest BCUT2D eigenvalue weighted by Crippen LogP contribution is 2.35. The smallest absolute Gasteiger partial charge is 0.211 e. The summed E-state index contributed by atoms with van der Waals surface area (Å²) in [5, 5.41) is 2.76. The van der Waals surface area contributed by atoms with E-state index in [0.717, 1.165) is 56.9 Å². The van der Waals surface area contributed by atoms with E-state index >= 15 is 0 Å². The number of benzene rings is 2. The van der Waals surface area contributed by atoms with E-state index in [2.05, 4.69) is 27.2 Å². The normalized spacial score (nSPS) is 20.0. The second-order valence-electron chi connectivity index (χ2n) is 7.18. The molecule has 2 aromatic rings. The molecule has 0 saturated carbocycles. The van der Waals surface area contributed by atoms with E-state index in [-0.39, 0.29) is 5.82 Å². The molecule has 2 aromatic carbocycles. The SMILES string of the molecule is O=CNc1ccc2c(c1)C(CN1CCN(c3ccc(F)cc3)CC1)CC2. The number of piperazine rings is 1. The van der Waals surface area contributed by atoms with Gasteiger partial charge in [-0.05, 0) is 66.3 Å². The van der Waals surface area contributed by atoms with Gasteiger partial charge in [0.25, 0.3) is 0 Å². The van der Waals surface area contributed by atoms with Gasteiger partial charge in [0.2, 0.25) is 6.41 Å². The molecule has 26 heavy (non-hydrogen) atoms. The first-order valence-electron chi connectivity index (χ1n) is 9.29. The lowest BCUT2D eigenvalue weighted by Crippen LogP contribution is -2.47. The van der Waals surface area contributed by atoms with E-state index in [1.54, 1.807) is 0 Å². The molecule has 0 aromatic heterocycles. The van der Waals surface area contributed by atoms with Crippen molar-refractivity contribution in [3.8, 4) is 0 Å². The van der Waals surface area contributed by atoms with Gasteiger partial charge in [-0.2, -0.15) is 0 Å². The van der Waals surface area contributed by atoms with Gasteiger partial charge in [-0.3, -0.25) is 9.69 Å².